The van der Waals surface area contributed by atoms with Gasteiger partial charge in [-0.3, -0.25) is 0 Å². The second-order valence-corrected chi connectivity index (χ2v) is 6.29. The van der Waals surface area contributed by atoms with Crippen molar-refractivity contribution in [2.75, 3.05) is 0 Å². The van der Waals surface area contributed by atoms with Crippen LogP contribution >= 0.6 is 12.2 Å². The first kappa shape index (κ1) is 20.0. The number of halogens is 2. The zero-order chi connectivity index (χ0) is 18.8. The minimum Gasteiger partial charge on any atom is -0.204 e. The molecule has 4 heteroatoms. The molecule has 0 aliphatic rings. The van der Waals surface area contributed by atoms with Crippen LogP contribution in [0.1, 0.15) is 55.7 Å². The summed E-state index contributed by atoms with van der Waals surface area (Å²) in [5.74, 6) is 4.11. The van der Waals surface area contributed by atoms with E-state index in [4.69, 9.17) is 0 Å². The lowest BCUT2D eigenvalue weighted by atomic mass is 10.0. The van der Waals surface area contributed by atoms with Crippen molar-refractivity contribution in [3.63, 3.8) is 0 Å². The maximum absolute atomic E-state index is 13.8. The van der Waals surface area contributed by atoms with Gasteiger partial charge in [0.05, 0.1) is 5.16 Å². The van der Waals surface area contributed by atoms with Gasteiger partial charge in [0.15, 0.2) is 11.6 Å². The zero-order valence-corrected chi connectivity index (χ0v) is 15.6. The Kier molecular flexibility index (Phi) is 8.15. The highest BCUT2D eigenvalue weighted by Crippen LogP contribution is 2.23. The van der Waals surface area contributed by atoms with Crippen LogP contribution in [0, 0.1) is 23.5 Å². The van der Waals surface area contributed by atoms with Gasteiger partial charge >= 0.3 is 0 Å². The number of benzene rings is 2. The number of thiocarbonyl (C=S) groups is 1. The lowest BCUT2D eigenvalue weighted by Gasteiger charge is -2.02. The second-order valence-electron chi connectivity index (χ2n) is 6.10. The third-order valence-electron chi connectivity index (χ3n) is 4.05. The van der Waals surface area contributed by atoms with Crippen LogP contribution in [0.2, 0.25) is 0 Å². The third kappa shape index (κ3) is 6.19. The molecule has 0 saturated heterocycles. The van der Waals surface area contributed by atoms with Gasteiger partial charge in [0.25, 0.3) is 0 Å². The van der Waals surface area contributed by atoms with Crippen LogP contribution in [-0.2, 0) is 6.42 Å². The number of rotatable bonds is 7. The van der Waals surface area contributed by atoms with Crippen LogP contribution < -0.4 is 0 Å². The summed E-state index contributed by atoms with van der Waals surface area (Å²) in [6, 6.07) is 10.3. The van der Waals surface area contributed by atoms with Gasteiger partial charge in [0, 0.05) is 11.1 Å². The molecule has 0 N–H and O–H groups in total. The standard InChI is InChI=1S/C22H21F2NS/c1-2-3-4-5-6-7-17-8-10-18(11-9-17)12-13-19-14-20(23)22(25-16-26)21(24)15-19/h8-11,14-15H,2-7H2,1H3. The van der Waals surface area contributed by atoms with Crippen molar-refractivity contribution in [2.24, 2.45) is 4.99 Å². The Balaban J connectivity index is 2.01. The second kappa shape index (κ2) is 10.6. The van der Waals surface area contributed by atoms with Crippen molar-refractivity contribution in [3.8, 4) is 11.8 Å². The van der Waals surface area contributed by atoms with Crippen molar-refractivity contribution in [1.29, 1.82) is 0 Å². The van der Waals surface area contributed by atoms with E-state index in [9.17, 15) is 8.78 Å². The number of isothiocyanates is 1. The Hall–Kier alpha value is -2.34. The van der Waals surface area contributed by atoms with Gasteiger partial charge < -0.3 is 0 Å². The van der Waals surface area contributed by atoms with Gasteiger partial charge in [-0.15, -0.1) is 0 Å². The van der Waals surface area contributed by atoms with E-state index in [1.54, 1.807) is 0 Å². The van der Waals surface area contributed by atoms with E-state index >= 15 is 0 Å². The quantitative estimate of drug-likeness (QED) is 0.231. The first-order valence-electron chi connectivity index (χ1n) is 8.82. The first-order valence-corrected chi connectivity index (χ1v) is 9.22. The van der Waals surface area contributed by atoms with Gasteiger partial charge in [-0.2, -0.15) is 4.99 Å². The summed E-state index contributed by atoms with van der Waals surface area (Å²) >= 11 is 4.38. The smallest absolute Gasteiger partial charge is 0.153 e. The molecule has 0 radical (unpaired) electrons. The molecule has 0 spiro atoms. The fraction of sp³-hybridized carbons (Fsp3) is 0.318. The highest BCUT2D eigenvalue weighted by molar-refractivity contribution is 7.78. The van der Waals surface area contributed by atoms with E-state index in [0.717, 1.165) is 24.1 Å². The first-order chi connectivity index (χ1) is 12.6. The third-order valence-corrected chi connectivity index (χ3v) is 4.14. The number of nitrogens with zero attached hydrogens (tertiary/aromatic N) is 1. The van der Waals surface area contributed by atoms with Gasteiger partial charge in [-0.25, -0.2) is 8.78 Å². The highest BCUT2D eigenvalue weighted by atomic mass is 32.1. The molecule has 0 unspecified atom stereocenters. The van der Waals surface area contributed by atoms with Crippen molar-refractivity contribution in [3.05, 3.63) is 64.7 Å². The molecule has 0 aliphatic heterocycles. The minimum absolute atomic E-state index is 0.253. The van der Waals surface area contributed by atoms with E-state index in [1.165, 1.54) is 37.7 Å². The number of hydrogen-bond acceptors (Lipinski definition) is 2. The van der Waals surface area contributed by atoms with E-state index < -0.39 is 17.3 Å². The lowest BCUT2D eigenvalue weighted by Crippen LogP contribution is -1.87. The molecule has 0 atom stereocenters. The van der Waals surface area contributed by atoms with Crippen LogP contribution in [0.3, 0.4) is 0 Å². The molecule has 2 aromatic rings. The molecule has 26 heavy (non-hydrogen) atoms. The summed E-state index contributed by atoms with van der Waals surface area (Å²) in [6.45, 7) is 2.21. The fourth-order valence-corrected chi connectivity index (χ4v) is 2.71. The zero-order valence-electron chi connectivity index (χ0n) is 14.8. The van der Waals surface area contributed by atoms with E-state index in [2.05, 4.69) is 48.1 Å². The monoisotopic (exact) mass is 369 g/mol. The maximum Gasteiger partial charge on any atom is 0.153 e. The topological polar surface area (TPSA) is 12.4 Å². The van der Waals surface area contributed by atoms with Gasteiger partial charge in [-0.05, 0) is 54.9 Å². The molecule has 0 fully saturated rings. The molecule has 0 bridgehead atoms. The van der Waals surface area contributed by atoms with Crippen molar-refractivity contribution in [1.82, 2.24) is 0 Å². The average Bonchev–Trinajstić information content (AvgIpc) is 2.64. The Morgan fingerprint density at radius 1 is 0.885 bits per heavy atom. The molecule has 0 aliphatic carbocycles. The number of unbranched alkanes of at least 4 members (excludes halogenated alkanes) is 4. The van der Waals surface area contributed by atoms with Gasteiger partial charge in [0.2, 0.25) is 0 Å². The lowest BCUT2D eigenvalue weighted by molar-refractivity contribution is 0.587. The molecular formula is C22H21F2NS. The molecule has 0 heterocycles. The summed E-state index contributed by atoms with van der Waals surface area (Å²) in [6.07, 6.45) is 7.37. The van der Waals surface area contributed by atoms with E-state index in [0.29, 0.717) is 0 Å². The molecule has 0 aromatic heterocycles. The van der Waals surface area contributed by atoms with Gasteiger partial charge in [0.1, 0.15) is 5.69 Å². The molecule has 0 saturated carbocycles. The predicted octanol–water partition coefficient (Wildman–Crippen LogP) is 6.61. The van der Waals surface area contributed by atoms with Crippen LogP contribution in [-0.4, -0.2) is 5.16 Å². The summed E-state index contributed by atoms with van der Waals surface area (Å²) < 4.78 is 27.6. The Bertz CT molecular complexity index is 818. The van der Waals surface area contributed by atoms with E-state index in [1.807, 2.05) is 17.3 Å². The van der Waals surface area contributed by atoms with Crippen molar-refractivity contribution >= 4 is 23.1 Å². The van der Waals surface area contributed by atoms with Crippen LogP contribution in [0.4, 0.5) is 14.5 Å². The number of aryl methyl sites for hydroxylation is 1. The summed E-state index contributed by atoms with van der Waals surface area (Å²) in [7, 11) is 0. The highest BCUT2D eigenvalue weighted by Gasteiger charge is 2.09. The largest absolute Gasteiger partial charge is 0.204 e. The molecule has 1 nitrogen and oxygen atoms in total. The SMILES string of the molecule is CCCCCCCc1ccc(C#Cc2cc(F)c(N=C=S)c(F)c2)cc1. The van der Waals surface area contributed by atoms with Crippen molar-refractivity contribution < 1.29 is 8.78 Å². The van der Waals surface area contributed by atoms with E-state index in [-0.39, 0.29) is 5.56 Å². The summed E-state index contributed by atoms with van der Waals surface area (Å²) in [4.78, 5) is 3.38. The predicted molar refractivity (Wildman–Crippen MR) is 106 cm³/mol. The van der Waals surface area contributed by atoms with Crippen LogP contribution in [0.15, 0.2) is 41.4 Å². The average molecular weight is 369 g/mol. The molecular weight excluding hydrogens is 348 g/mol. The number of aliphatic imine (C=N–C) groups is 1. The van der Waals surface area contributed by atoms with Crippen LogP contribution in [0.5, 0.6) is 0 Å². The fourth-order valence-electron chi connectivity index (χ4n) is 2.62. The Morgan fingerprint density at radius 2 is 1.50 bits per heavy atom. The molecule has 0 amide bonds. The maximum atomic E-state index is 13.8. The van der Waals surface area contributed by atoms with Crippen molar-refractivity contribution in [2.45, 2.75) is 45.4 Å². The molecule has 134 valence electrons. The van der Waals surface area contributed by atoms with Crippen LogP contribution in [0.25, 0.3) is 0 Å². The number of hydrogen-bond donors (Lipinski definition) is 0. The summed E-state index contributed by atoms with van der Waals surface area (Å²) in [5, 5.41) is 1.96. The normalized spacial score (nSPS) is 9.96. The Morgan fingerprint density at radius 3 is 2.12 bits per heavy atom. The molecule has 2 rings (SSSR count). The minimum atomic E-state index is -0.801. The summed E-state index contributed by atoms with van der Waals surface area (Å²) in [5.41, 5.74) is 1.91. The van der Waals surface area contributed by atoms with Gasteiger partial charge in [-0.1, -0.05) is 56.6 Å². The Labute approximate surface area is 159 Å². The molecule has 2 aromatic carbocycles.